The van der Waals surface area contributed by atoms with Gasteiger partial charge in [-0.15, -0.1) is 11.3 Å². The molecule has 1 atom stereocenters. The zero-order valence-corrected chi connectivity index (χ0v) is 11.5. The summed E-state index contributed by atoms with van der Waals surface area (Å²) in [6.45, 7) is 0.946. The SMILES string of the molecule is O=C(CC1CS(=O)(=O)CCN1)NCc1cccs1. The summed E-state index contributed by atoms with van der Waals surface area (Å²) in [4.78, 5) is 12.8. The molecule has 1 unspecified atom stereocenters. The van der Waals surface area contributed by atoms with Crippen molar-refractivity contribution in [2.75, 3.05) is 18.1 Å². The lowest BCUT2D eigenvalue weighted by Crippen LogP contribution is -2.47. The second-order valence-electron chi connectivity index (χ2n) is 4.33. The Bertz CT molecular complexity index is 496. The highest BCUT2D eigenvalue weighted by atomic mass is 32.2. The van der Waals surface area contributed by atoms with E-state index in [2.05, 4.69) is 10.6 Å². The number of hydrogen-bond donors (Lipinski definition) is 2. The van der Waals surface area contributed by atoms with Crippen molar-refractivity contribution in [2.24, 2.45) is 0 Å². The molecular weight excluding hydrogens is 272 g/mol. The molecule has 2 heterocycles. The Hall–Kier alpha value is -0.920. The van der Waals surface area contributed by atoms with E-state index < -0.39 is 9.84 Å². The first kappa shape index (κ1) is 13.5. The molecule has 0 radical (unpaired) electrons. The zero-order valence-electron chi connectivity index (χ0n) is 9.89. The molecule has 18 heavy (non-hydrogen) atoms. The van der Waals surface area contributed by atoms with Crippen LogP contribution < -0.4 is 10.6 Å². The third kappa shape index (κ3) is 4.08. The minimum atomic E-state index is -2.98. The molecule has 7 heteroatoms. The van der Waals surface area contributed by atoms with Crippen LogP contribution in [0.25, 0.3) is 0 Å². The van der Waals surface area contributed by atoms with E-state index in [0.29, 0.717) is 13.1 Å². The van der Waals surface area contributed by atoms with Crippen molar-refractivity contribution in [2.45, 2.75) is 19.0 Å². The molecule has 1 aliphatic rings. The van der Waals surface area contributed by atoms with Crippen LogP contribution in [0.5, 0.6) is 0 Å². The standard InChI is InChI=1S/C11H16N2O3S2/c14-11(13-7-10-2-1-4-17-10)6-9-8-18(15,16)5-3-12-9/h1-2,4,9,12H,3,5-8H2,(H,13,14). The van der Waals surface area contributed by atoms with Gasteiger partial charge in [0.15, 0.2) is 9.84 Å². The Balaban J connectivity index is 1.77. The number of amides is 1. The van der Waals surface area contributed by atoms with Gasteiger partial charge < -0.3 is 10.6 Å². The quantitative estimate of drug-likeness (QED) is 0.826. The summed E-state index contributed by atoms with van der Waals surface area (Å²) in [5.41, 5.74) is 0. The van der Waals surface area contributed by atoms with Crippen LogP contribution in [0, 0.1) is 0 Å². The maximum atomic E-state index is 11.7. The van der Waals surface area contributed by atoms with Crippen LogP contribution in [0.3, 0.4) is 0 Å². The Labute approximate surface area is 111 Å². The van der Waals surface area contributed by atoms with Gasteiger partial charge in [-0.1, -0.05) is 6.07 Å². The van der Waals surface area contributed by atoms with Gasteiger partial charge in [-0.25, -0.2) is 8.42 Å². The lowest BCUT2D eigenvalue weighted by atomic mass is 10.2. The molecule has 1 aromatic rings. The molecule has 0 aromatic carbocycles. The third-order valence-corrected chi connectivity index (χ3v) is 5.39. The van der Waals surface area contributed by atoms with Crippen LogP contribution in [-0.2, 0) is 21.2 Å². The highest BCUT2D eigenvalue weighted by molar-refractivity contribution is 7.91. The van der Waals surface area contributed by atoms with Crippen molar-refractivity contribution < 1.29 is 13.2 Å². The van der Waals surface area contributed by atoms with Crippen molar-refractivity contribution >= 4 is 27.1 Å². The van der Waals surface area contributed by atoms with Crippen LogP contribution >= 0.6 is 11.3 Å². The Morgan fingerprint density at radius 3 is 3.06 bits per heavy atom. The van der Waals surface area contributed by atoms with E-state index in [0.717, 1.165) is 4.88 Å². The van der Waals surface area contributed by atoms with E-state index in [4.69, 9.17) is 0 Å². The molecule has 100 valence electrons. The number of sulfone groups is 1. The second kappa shape index (κ2) is 5.81. The van der Waals surface area contributed by atoms with Crippen LogP contribution in [0.2, 0.25) is 0 Å². The Morgan fingerprint density at radius 2 is 2.39 bits per heavy atom. The van der Waals surface area contributed by atoms with Gasteiger partial charge in [0.1, 0.15) is 0 Å². The number of carbonyl (C=O) groups excluding carboxylic acids is 1. The van der Waals surface area contributed by atoms with E-state index in [1.807, 2.05) is 17.5 Å². The van der Waals surface area contributed by atoms with E-state index in [1.165, 1.54) is 0 Å². The van der Waals surface area contributed by atoms with Crippen molar-refractivity contribution in [1.29, 1.82) is 0 Å². The van der Waals surface area contributed by atoms with Gasteiger partial charge in [-0.05, 0) is 11.4 Å². The van der Waals surface area contributed by atoms with Gasteiger partial charge in [0.2, 0.25) is 5.91 Å². The molecular formula is C11H16N2O3S2. The molecule has 1 aromatic heterocycles. The molecule has 1 aliphatic heterocycles. The predicted molar refractivity (Wildman–Crippen MR) is 71.2 cm³/mol. The molecule has 0 saturated carbocycles. The van der Waals surface area contributed by atoms with Gasteiger partial charge in [0.25, 0.3) is 0 Å². The molecule has 2 rings (SSSR count). The number of hydrogen-bond acceptors (Lipinski definition) is 5. The van der Waals surface area contributed by atoms with Crippen LogP contribution in [0.1, 0.15) is 11.3 Å². The van der Waals surface area contributed by atoms with Gasteiger partial charge in [-0.2, -0.15) is 0 Å². The fourth-order valence-corrected chi connectivity index (χ4v) is 3.98. The molecule has 2 N–H and O–H groups in total. The molecule has 1 amide bonds. The van der Waals surface area contributed by atoms with Gasteiger partial charge >= 0.3 is 0 Å². The van der Waals surface area contributed by atoms with E-state index >= 15 is 0 Å². The largest absolute Gasteiger partial charge is 0.351 e. The molecule has 0 bridgehead atoms. The summed E-state index contributed by atoms with van der Waals surface area (Å²) in [7, 11) is -2.98. The average molecular weight is 288 g/mol. The highest BCUT2D eigenvalue weighted by Gasteiger charge is 2.25. The number of rotatable bonds is 4. The fraction of sp³-hybridized carbons (Fsp3) is 0.545. The normalized spacial score (nSPS) is 22.6. The van der Waals surface area contributed by atoms with Crippen molar-refractivity contribution in [3.63, 3.8) is 0 Å². The Kier molecular flexibility index (Phi) is 4.36. The summed E-state index contributed by atoms with van der Waals surface area (Å²) in [5.74, 6) is 0.109. The molecule has 1 fully saturated rings. The maximum absolute atomic E-state index is 11.7. The summed E-state index contributed by atoms with van der Waals surface area (Å²) in [6, 6.07) is 3.63. The van der Waals surface area contributed by atoms with Crippen LogP contribution in [0.4, 0.5) is 0 Å². The average Bonchev–Trinajstić information content (AvgIpc) is 2.77. The fourth-order valence-electron chi connectivity index (χ4n) is 1.89. The highest BCUT2D eigenvalue weighted by Crippen LogP contribution is 2.08. The molecule has 0 spiro atoms. The zero-order chi connectivity index (χ0) is 13.0. The smallest absolute Gasteiger partial charge is 0.221 e. The van der Waals surface area contributed by atoms with Crippen molar-refractivity contribution in [3.8, 4) is 0 Å². The van der Waals surface area contributed by atoms with E-state index in [1.54, 1.807) is 11.3 Å². The number of nitrogens with one attached hydrogen (secondary N) is 2. The predicted octanol–water partition coefficient (Wildman–Crippen LogP) is 0.141. The molecule has 1 saturated heterocycles. The first-order valence-corrected chi connectivity index (χ1v) is 8.48. The minimum Gasteiger partial charge on any atom is -0.351 e. The summed E-state index contributed by atoms with van der Waals surface area (Å²) in [5, 5.41) is 7.81. The van der Waals surface area contributed by atoms with Crippen molar-refractivity contribution in [1.82, 2.24) is 10.6 Å². The maximum Gasteiger partial charge on any atom is 0.221 e. The topological polar surface area (TPSA) is 75.3 Å². The number of carbonyl (C=O) groups is 1. The van der Waals surface area contributed by atoms with Gasteiger partial charge in [0, 0.05) is 23.9 Å². The second-order valence-corrected chi connectivity index (χ2v) is 7.59. The van der Waals surface area contributed by atoms with Crippen LogP contribution in [-0.4, -0.2) is 38.4 Å². The summed E-state index contributed by atoms with van der Waals surface area (Å²) < 4.78 is 22.8. The van der Waals surface area contributed by atoms with E-state index in [9.17, 15) is 13.2 Å². The lowest BCUT2D eigenvalue weighted by Gasteiger charge is -2.23. The number of thiophene rings is 1. The monoisotopic (exact) mass is 288 g/mol. The molecule has 0 aliphatic carbocycles. The first-order valence-electron chi connectivity index (χ1n) is 5.78. The minimum absolute atomic E-state index is 0.0550. The van der Waals surface area contributed by atoms with Gasteiger partial charge in [0.05, 0.1) is 18.1 Å². The summed E-state index contributed by atoms with van der Waals surface area (Å²) in [6.07, 6.45) is 0.213. The van der Waals surface area contributed by atoms with E-state index in [-0.39, 0.29) is 29.9 Å². The lowest BCUT2D eigenvalue weighted by molar-refractivity contribution is -0.121. The Morgan fingerprint density at radius 1 is 1.56 bits per heavy atom. The first-order chi connectivity index (χ1) is 8.55. The molecule has 5 nitrogen and oxygen atoms in total. The summed E-state index contributed by atoms with van der Waals surface area (Å²) >= 11 is 1.58. The van der Waals surface area contributed by atoms with Gasteiger partial charge in [-0.3, -0.25) is 4.79 Å². The van der Waals surface area contributed by atoms with Crippen molar-refractivity contribution in [3.05, 3.63) is 22.4 Å². The van der Waals surface area contributed by atoms with Crippen LogP contribution in [0.15, 0.2) is 17.5 Å². The third-order valence-electron chi connectivity index (χ3n) is 2.77.